The van der Waals surface area contributed by atoms with Crippen LogP contribution in [-0.2, 0) is 40.3 Å². The molecule has 1 aromatic carbocycles. The minimum atomic E-state index is -0.945. The SMILES string of the molecule is C=CCN1CC[C@]23c4c5ccc(O)c4O[C@H]2[C@H](OCCOCCOCCOCCOCCOC)CC[C@@]3(O)[C@H]1C5. The number of piperidine rings is 1. The van der Waals surface area contributed by atoms with E-state index in [0.29, 0.717) is 84.7 Å². The Kier molecular flexibility index (Phi) is 10.0. The van der Waals surface area contributed by atoms with E-state index in [1.807, 2.05) is 12.1 Å². The smallest absolute Gasteiger partial charge is 0.165 e. The van der Waals surface area contributed by atoms with Crippen LogP contribution >= 0.6 is 0 Å². The van der Waals surface area contributed by atoms with Gasteiger partial charge in [0, 0.05) is 25.3 Å². The maximum absolute atomic E-state index is 12.4. The third-order valence-electron chi connectivity index (χ3n) is 8.99. The van der Waals surface area contributed by atoms with Crippen molar-refractivity contribution in [1.82, 2.24) is 4.90 Å². The zero-order valence-electron chi connectivity index (χ0n) is 23.7. The Labute approximate surface area is 237 Å². The Balaban J connectivity index is 1.08. The quantitative estimate of drug-likeness (QED) is 0.203. The average molecular weight is 564 g/mol. The lowest BCUT2D eigenvalue weighted by Crippen LogP contribution is -2.77. The molecule has 5 rings (SSSR count). The molecule has 2 N–H and O–H groups in total. The molecule has 10 nitrogen and oxygen atoms in total. The van der Waals surface area contributed by atoms with Gasteiger partial charge in [0.25, 0.3) is 0 Å². The number of aliphatic hydroxyl groups is 1. The molecule has 4 aliphatic rings. The highest BCUT2D eigenvalue weighted by molar-refractivity contribution is 5.62. The number of aromatic hydroxyl groups is 1. The number of likely N-dealkylation sites (tertiary alicyclic amines) is 1. The molecule has 2 heterocycles. The summed E-state index contributed by atoms with van der Waals surface area (Å²) in [7, 11) is 1.65. The Morgan fingerprint density at radius 1 is 0.975 bits per heavy atom. The van der Waals surface area contributed by atoms with E-state index in [4.69, 9.17) is 33.2 Å². The molecule has 2 aliphatic heterocycles. The Morgan fingerprint density at radius 3 is 2.27 bits per heavy atom. The summed E-state index contributed by atoms with van der Waals surface area (Å²) in [5.41, 5.74) is 0.619. The zero-order chi connectivity index (χ0) is 28.0. The van der Waals surface area contributed by atoms with Crippen molar-refractivity contribution in [3.8, 4) is 11.5 Å². The standard InChI is InChI=1S/C30H45NO9/c1-3-9-31-10-8-29-26-22-4-5-23(32)27(26)40-28(29)24(6-7-30(29,33)25(31)21-22)39-20-19-38-18-17-37-16-15-36-14-13-35-12-11-34-2/h3-5,24-25,28,32-33H,1,6-21H2,2H3/t24-,25-,28+,29+,30-/m1/s1. The molecule has 1 saturated heterocycles. The van der Waals surface area contributed by atoms with Crippen molar-refractivity contribution in [2.24, 2.45) is 0 Å². The van der Waals surface area contributed by atoms with E-state index in [2.05, 4.69) is 11.5 Å². The molecule has 1 saturated carbocycles. The Bertz CT molecular complexity index is 992. The predicted molar refractivity (Wildman–Crippen MR) is 147 cm³/mol. The second kappa shape index (κ2) is 13.5. The second-order valence-electron chi connectivity index (χ2n) is 11.0. The van der Waals surface area contributed by atoms with Gasteiger partial charge in [0.2, 0.25) is 0 Å². The molecule has 1 aromatic rings. The highest BCUT2D eigenvalue weighted by Crippen LogP contribution is 2.65. The van der Waals surface area contributed by atoms with Gasteiger partial charge in [-0.3, -0.25) is 4.90 Å². The molecule has 2 aliphatic carbocycles. The van der Waals surface area contributed by atoms with Crippen LogP contribution in [0, 0.1) is 0 Å². The number of ether oxygens (including phenoxy) is 7. The van der Waals surface area contributed by atoms with Crippen molar-refractivity contribution in [1.29, 1.82) is 0 Å². The molecule has 10 heteroatoms. The second-order valence-corrected chi connectivity index (χ2v) is 11.0. The van der Waals surface area contributed by atoms with Crippen LogP contribution in [-0.4, -0.2) is 125 Å². The van der Waals surface area contributed by atoms with Gasteiger partial charge in [-0.25, -0.2) is 0 Å². The number of hydrogen-bond donors (Lipinski definition) is 2. The number of benzene rings is 1. The van der Waals surface area contributed by atoms with Crippen LogP contribution in [0.3, 0.4) is 0 Å². The van der Waals surface area contributed by atoms with Crippen molar-refractivity contribution in [2.75, 3.05) is 86.3 Å². The fourth-order valence-corrected chi connectivity index (χ4v) is 7.30. The Hall–Kier alpha value is -1.76. The third kappa shape index (κ3) is 5.53. The first kappa shape index (κ1) is 29.7. The van der Waals surface area contributed by atoms with Crippen molar-refractivity contribution < 1.29 is 43.4 Å². The summed E-state index contributed by atoms with van der Waals surface area (Å²) < 4.78 is 39.8. The lowest BCUT2D eigenvalue weighted by molar-refractivity contribution is -0.215. The molecule has 2 bridgehead atoms. The fraction of sp³-hybridized carbons (Fsp3) is 0.733. The first-order valence-electron chi connectivity index (χ1n) is 14.6. The van der Waals surface area contributed by atoms with Crippen molar-refractivity contribution in [3.05, 3.63) is 35.9 Å². The minimum Gasteiger partial charge on any atom is -0.504 e. The summed E-state index contributed by atoms with van der Waals surface area (Å²) in [6, 6.07) is 3.70. The number of methoxy groups -OCH3 is 1. The highest BCUT2D eigenvalue weighted by atomic mass is 16.6. The molecule has 5 atom stereocenters. The van der Waals surface area contributed by atoms with E-state index in [9.17, 15) is 10.2 Å². The normalized spacial score (nSPS) is 30.2. The monoisotopic (exact) mass is 563 g/mol. The summed E-state index contributed by atoms with van der Waals surface area (Å²) >= 11 is 0. The van der Waals surface area contributed by atoms with E-state index in [-0.39, 0.29) is 24.0 Å². The number of hydrogen-bond acceptors (Lipinski definition) is 10. The molecule has 1 spiro atoms. The van der Waals surface area contributed by atoms with Crippen LogP contribution in [0.25, 0.3) is 0 Å². The van der Waals surface area contributed by atoms with Crippen molar-refractivity contribution in [2.45, 2.75) is 54.9 Å². The maximum Gasteiger partial charge on any atom is 0.165 e. The first-order valence-corrected chi connectivity index (χ1v) is 14.6. The summed E-state index contributed by atoms with van der Waals surface area (Å²) in [5, 5.41) is 23.1. The summed E-state index contributed by atoms with van der Waals surface area (Å²) in [6.07, 6.45) is 4.17. The number of phenols is 1. The molecule has 0 unspecified atom stereocenters. The fourth-order valence-electron chi connectivity index (χ4n) is 7.30. The van der Waals surface area contributed by atoms with Gasteiger partial charge in [-0.1, -0.05) is 12.1 Å². The maximum atomic E-state index is 12.4. The van der Waals surface area contributed by atoms with Crippen LogP contribution < -0.4 is 4.74 Å². The predicted octanol–water partition coefficient (Wildman–Crippen LogP) is 1.83. The van der Waals surface area contributed by atoms with Gasteiger partial charge in [0.1, 0.15) is 6.10 Å². The summed E-state index contributed by atoms with van der Waals surface area (Å²) in [5.74, 6) is 0.669. The van der Waals surface area contributed by atoms with Crippen LogP contribution in [0.2, 0.25) is 0 Å². The van der Waals surface area contributed by atoms with Gasteiger partial charge in [-0.05, 0) is 43.9 Å². The van der Waals surface area contributed by atoms with Gasteiger partial charge >= 0.3 is 0 Å². The highest BCUT2D eigenvalue weighted by Gasteiger charge is 2.73. The van der Waals surface area contributed by atoms with Gasteiger partial charge in [-0.2, -0.15) is 0 Å². The van der Waals surface area contributed by atoms with E-state index >= 15 is 0 Å². The molecule has 0 amide bonds. The Morgan fingerprint density at radius 2 is 1.62 bits per heavy atom. The minimum absolute atomic E-state index is 0.0164. The van der Waals surface area contributed by atoms with Gasteiger partial charge in [-0.15, -0.1) is 6.58 Å². The lowest BCUT2D eigenvalue weighted by atomic mass is 9.48. The van der Waals surface area contributed by atoms with Gasteiger partial charge in [0.05, 0.1) is 83.2 Å². The van der Waals surface area contributed by atoms with Crippen LogP contribution in [0.1, 0.15) is 30.4 Å². The molecular weight excluding hydrogens is 518 g/mol. The van der Waals surface area contributed by atoms with E-state index < -0.39 is 11.0 Å². The molecule has 0 aromatic heterocycles. The summed E-state index contributed by atoms with van der Waals surface area (Å²) in [4.78, 5) is 2.35. The van der Waals surface area contributed by atoms with Crippen LogP contribution in [0.5, 0.6) is 11.5 Å². The summed E-state index contributed by atoms with van der Waals surface area (Å²) in [6.45, 7) is 10.6. The zero-order valence-corrected chi connectivity index (χ0v) is 23.7. The largest absolute Gasteiger partial charge is 0.504 e. The van der Waals surface area contributed by atoms with E-state index in [1.54, 1.807) is 13.2 Å². The van der Waals surface area contributed by atoms with Crippen molar-refractivity contribution >= 4 is 0 Å². The topological polar surface area (TPSA) is 108 Å². The number of nitrogens with zero attached hydrogens (tertiary/aromatic N) is 1. The van der Waals surface area contributed by atoms with Crippen LogP contribution in [0.4, 0.5) is 0 Å². The van der Waals surface area contributed by atoms with Crippen LogP contribution in [0.15, 0.2) is 24.8 Å². The third-order valence-corrected chi connectivity index (χ3v) is 8.99. The first-order chi connectivity index (χ1) is 19.6. The van der Waals surface area contributed by atoms with E-state index in [0.717, 1.165) is 37.1 Å². The molecular formula is C30H45NO9. The molecule has 40 heavy (non-hydrogen) atoms. The lowest BCUT2D eigenvalue weighted by Gasteiger charge is -2.64. The molecule has 2 fully saturated rings. The van der Waals surface area contributed by atoms with E-state index in [1.165, 1.54) is 0 Å². The molecule has 224 valence electrons. The average Bonchev–Trinajstić information content (AvgIpc) is 3.31. The molecule has 0 radical (unpaired) electrons. The van der Waals surface area contributed by atoms with Crippen molar-refractivity contribution in [3.63, 3.8) is 0 Å². The number of rotatable bonds is 18. The van der Waals surface area contributed by atoms with Gasteiger partial charge in [0.15, 0.2) is 11.5 Å². The van der Waals surface area contributed by atoms with Gasteiger partial charge < -0.3 is 43.4 Å². The number of phenolic OH excluding ortho intramolecular Hbond substituents is 1.